The Balaban J connectivity index is 2.02. The van der Waals surface area contributed by atoms with E-state index in [9.17, 15) is 4.79 Å². The zero-order chi connectivity index (χ0) is 15.3. The number of nitrogens with zero attached hydrogens (tertiary/aromatic N) is 1. The molecule has 1 saturated carbocycles. The van der Waals surface area contributed by atoms with Gasteiger partial charge in [0, 0.05) is 24.3 Å². The van der Waals surface area contributed by atoms with E-state index in [1.54, 1.807) is 0 Å². The van der Waals surface area contributed by atoms with Crippen LogP contribution in [-0.2, 0) is 6.42 Å². The minimum absolute atomic E-state index is 0.0219. The number of nitrogens with one attached hydrogen (secondary N) is 2. The second kappa shape index (κ2) is 6.92. The molecule has 0 atom stereocenters. The maximum absolute atomic E-state index is 12.4. The number of aromatic nitrogens is 1. The number of hydrogen-bond donors (Lipinski definition) is 2. The molecule has 0 unspecified atom stereocenters. The Bertz CT molecular complexity index is 495. The van der Waals surface area contributed by atoms with Crippen LogP contribution >= 0.6 is 0 Å². The highest BCUT2D eigenvalue weighted by molar-refractivity contribution is 5.95. The second-order valence-electron chi connectivity index (χ2n) is 6.05. The molecule has 1 amide bonds. The van der Waals surface area contributed by atoms with Crippen LogP contribution in [0.15, 0.2) is 12.1 Å². The average molecular weight is 289 g/mol. The first-order valence-electron chi connectivity index (χ1n) is 8.15. The van der Waals surface area contributed by atoms with Gasteiger partial charge in [-0.2, -0.15) is 0 Å². The monoisotopic (exact) mass is 289 g/mol. The number of carbonyl (C=O) groups excluding carboxylic acids is 1. The summed E-state index contributed by atoms with van der Waals surface area (Å²) in [7, 11) is 0. The summed E-state index contributed by atoms with van der Waals surface area (Å²) in [6.45, 7) is 7.91. The number of carbonyl (C=O) groups is 1. The van der Waals surface area contributed by atoms with Crippen molar-refractivity contribution in [2.75, 3.05) is 18.4 Å². The molecule has 1 heterocycles. The van der Waals surface area contributed by atoms with E-state index >= 15 is 0 Å². The smallest absolute Gasteiger partial charge is 0.251 e. The third kappa shape index (κ3) is 4.19. The third-order valence-electron chi connectivity index (χ3n) is 4.22. The molecular formula is C17H27N3O. The van der Waals surface area contributed by atoms with Gasteiger partial charge in [0.15, 0.2) is 0 Å². The standard InChI is InChI=1S/C17H27N3O/c1-4-7-17(8-9-17)12-19-16(21)13-10-14(5-2)20-15(11-13)18-6-3/h10-11H,4-9,12H2,1-3H3,(H,18,20)(H,19,21). The number of aryl methyl sites for hydroxylation is 1. The number of anilines is 1. The van der Waals surface area contributed by atoms with Crippen molar-refractivity contribution in [3.8, 4) is 0 Å². The maximum atomic E-state index is 12.4. The predicted octanol–water partition coefficient (Wildman–Crippen LogP) is 3.39. The van der Waals surface area contributed by atoms with Crippen molar-refractivity contribution in [2.45, 2.75) is 52.9 Å². The van der Waals surface area contributed by atoms with E-state index in [0.29, 0.717) is 11.0 Å². The lowest BCUT2D eigenvalue weighted by Crippen LogP contribution is -2.30. The minimum atomic E-state index is 0.0219. The average Bonchev–Trinajstić information content (AvgIpc) is 3.25. The number of pyridine rings is 1. The van der Waals surface area contributed by atoms with Gasteiger partial charge in [-0.05, 0) is 50.2 Å². The van der Waals surface area contributed by atoms with Gasteiger partial charge in [-0.25, -0.2) is 4.98 Å². The number of hydrogen-bond acceptors (Lipinski definition) is 3. The van der Waals surface area contributed by atoms with Crippen LogP contribution < -0.4 is 10.6 Å². The topological polar surface area (TPSA) is 54.0 Å². The van der Waals surface area contributed by atoms with E-state index in [2.05, 4.69) is 29.5 Å². The van der Waals surface area contributed by atoms with Gasteiger partial charge in [0.2, 0.25) is 0 Å². The molecule has 0 aromatic carbocycles. The van der Waals surface area contributed by atoms with Gasteiger partial charge in [0.1, 0.15) is 5.82 Å². The van der Waals surface area contributed by atoms with Crippen molar-refractivity contribution in [3.05, 3.63) is 23.4 Å². The third-order valence-corrected chi connectivity index (χ3v) is 4.22. The molecule has 0 spiro atoms. The lowest BCUT2D eigenvalue weighted by atomic mass is 10.0. The van der Waals surface area contributed by atoms with E-state index in [1.165, 1.54) is 25.7 Å². The highest BCUT2D eigenvalue weighted by Gasteiger charge is 2.41. The van der Waals surface area contributed by atoms with Crippen LogP contribution in [0.3, 0.4) is 0 Å². The van der Waals surface area contributed by atoms with Gasteiger partial charge in [-0.15, -0.1) is 0 Å². The first-order valence-corrected chi connectivity index (χ1v) is 8.15. The van der Waals surface area contributed by atoms with E-state index in [1.807, 2.05) is 19.1 Å². The number of rotatable bonds is 8. The van der Waals surface area contributed by atoms with E-state index in [4.69, 9.17) is 0 Å². The minimum Gasteiger partial charge on any atom is -0.370 e. The van der Waals surface area contributed by atoms with Crippen molar-refractivity contribution in [2.24, 2.45) is 5.41 Å². The molecule has 116 valence electrons. The Morgan fingerprint density at radius 2 is 2.05 bits per heavy atom. The van der Waals surface area contributed by atoms with Gasteiger partial charge in [-0.3, -0.25) is 4.79 Å². The molecule has 0 bridgehead atoms. The Morgan fingerprint density at radius 1 is 1.29 bits per heavy atom. The van der Waals surface area contributed by atoms with Gasteiger partial charge >= 0.3 is 0 Å². The fraction of sp³-hybridized carbons (Fsp3) is 0.647. The molecular weight excluding hydrogens is 262 g/mol. The molecule has 1 fully saturated rings. The summed E-state index contributed by atoms with van der Waals surface area (Å²) in [5.74, 6) is 0.810. The van der Waals surface area contributed by atoms with Crippen molar-refractivity contribution < 1.29 is 4.79 Å². The van der Waals surface area contributed by atoms with Gasteiger partial charge in [-0.1, -0.05) is 20.3 Å². The SMILES string of the molecule is CCCC1(CNC(=O)c2cc(CC)nc(NCC)c2)CC1. The lowest BCUT2D eigenvalue weighted by Gasteiger charge is -2.15. The quantitative estimate of drug-likeness (QED) is 0.771. The molecule has 4 heteroatoms. The molecule has 0 saturated heterocycles. The normalized spacial score (nSPS) is 15.6. The summed E-state index contributed by atoms with van der Waals surface area (Å²) in [4.78, 5) is 16.9. The fourth-order valence-electron chi connectivity index (χ4n) is 2.76. The summed E-state index contributed by atoms with van der Waals surface area (Å²) >= 11 is 0. The highest BCUT2D eigenvalue weighted by Crippen LogP contribution is 2.48. The second-order valence-corrected chi connectivity index (χ2v) is 6.05. The first kappa shape index (κ1) is 15.8. The zero-order valence-electron chi connectivity index (χ0n) is 13.5. The van der Waals surface area contributed by atoms with Gasteiger partial charge in [0.05, 0.1) is 0 Å². The van der Waals surface area contributed by atoms with Crippen molar-refractivity contribution in [1.29, 1.82) is 0 Å². The van der Waals surface area contributed by atoms with Crippen LogP contribution in [0.5, 0.6) is 0 Å². The summed E-state index contributed by atoms with van der Waals surface area (Å²) in [5.41, 5.74) is 2.05. The van der Waals surface area contributed by atoms with Crippen LogP contribution in [0.25, 0.3) is 0 Å². The van der Waals surface area contributed by atoms with Crippen LogP contribution in [0, 0.1) is 5.41 Å². The fourth-order valence-corrected chi connectivity index (χ4v) is 2.76. The molecule has 4 nitrogen and oxygen atoms in total. The molecule has 1 aromatic heterocycles. The van der Waals surface area contributed by atoms with Gasteiger partial charge in [0.25, 0.3) is 5.91 Å². The van der Waals surface area contributed by atoms with Crippen LogP contribution in [0.1, 0.15) is 62.5 Å². The van der Waals surface area contributed by atoms with Gasteiger partial charge < -0.3 is 10.6 Å². The molecule has 0 radical (unpaired) electrons. The van der Waals surface area contributed by atoms with Crippen molar-refractivity contribution in [3.63, 3.8) is 0 Å². The summed E-state index contributed by atoms with van der Waals surface area (Å²) in [6.07, 6.45) is 5.74. The summed E-state index contributed by atoms with van der Waals surface area (Å²) in [5, 5.41) is 6.30. The lowest BCUT2D eigenvalue weighted by molar-refractivity contribution is 0.0943. The zero-order valence-corrected chi connectivity index (χ0v) is 13.5. The Kier molecular flexibility index (Phi) is 5.21. The van der Waals surface area contributed by atoms with E-state index in [-0.39, 0.29) is 5.91 Å². The highest BCUT2D eigenvalue weighted by atomic mass is 16.1. The van der Waals surface area contributed by atoms with Crippen LogP contribution in [-0.4, -0.2) is 24.0 Å². The number of amides is 1. The molecule has 1 aliphatic rings. The largest absolute Gasteiger partial charge is 0.370 e. The molecule has 2 rings (SSSR count). The van der Waals surface area contributed by atoms with Crippen LogP contribution in [0.4, 0.5) is 5.82 Å². The van der Waals surface area contributed by atoms with Crippen LogP contribution in [0.2, 0.25) is 0 Å². The molecule has 1 aromatic rings. The molecule has 21 heavy (non-hydrogen) atoms. The first-order chi connectivity index (χ1) is 10.1. The molecule has 2 N–H and O–H groups in total. The predicted molar refractivity (Wildman–Crippen MR) is 86.7 cm³/mol. The maximum Gasteiger partial charge on any atom is 0.251 e. The van der Waals surface area contributed by atoms with Crippen molar-refractivity contribution in [1.82, 2.24) is 10.3 Å². The van der Waals surface area contributed by atoms with Crippen molar-refractivity contribution >= 4 is 11.7 Å². The summed E-state index contributed by atoms with van der Waals surface area (Å²) in [6, 6.07) is 3.74. The Labute approximate surface area is 127 Å². The Hall–Kier alpha value is -1.58. The molecule has 0 aliphatic heterocycles. The molecule has 1 aliphatic carbocycles. The van der Waals surface area contributed by atoms with E-state index < -0.39 is 0 Å². The summed E-state index contributed by atoms with van der Waals surface area (Å²) < 4.78 is 0. The van der Waals surface area contributed by atoms with E-state index in [0.717, 1.165) is 31.0 Å². The Morgan fingerprint density at radius 3 is 2.62 bits per heavy atom.